The van der Waals surface area contributed by atoms with Gasteiger partial charge in [0.05, 0.1) is 0 Å². The quantitative estimate of drug-likeness (QED) is 0.582. The van der Waals surface area contributed by atoms with Crippen molar-refractivity contribution in [3.05, 3.63) is 29.3 Å². The number of nitrogens with zero attached hydrogens (tertiary/aromatic N) is 2. The third kappa shape index (κ3) is 6.38. The molecule has 1 aromatic carbocycles. The Kier molecular flexibility index (Phi) is 7.98. The van der Waals surface area contributed by atoms with Crippen molar-refractivity contribution >= 4 is 29.1 Å². The Hall–Kier alpha value is -1.79. The lowest BCUT2D eigenvalue weighted by Crippen LogP contribution is -2.50. The van der Waals surface area contributed by atoms with Gasteiger partial charge in [-0.3, -0.25) is 14.5 Å². The number of piperazine rings is 1. The van der Waals surface area contributed by atoms with Crippen molar-refractivity contribution in [2.75, 3.05) is 44.2 Å². The van der Waals surface area contributed by atoms with Crippen LogP contribution in [0, 0.1) is 0 Å². The molecule has 2 N–H and O–H groups in total. The number of halogens is 1. The average molecular weight is 407 g/mol. The molecule has 0 spiro atoms. The van der Waals surface area contributed by atoms with Crippen molar-refractivity contribution in [3.63, 3.8) is 0 Å². The molecule has 1 aliphatic heterocycles. The van der Waals surface area contributed by atoms with Crippen LogP contribution in [0.2, 0.25) is 5.02 Å². The Morgan fingerprint density at radius 3 is 2.21 bits per heavy atom. The van der Waals surface area contributed by atoms with E-state index in [2.05, 4.69) is 20.4 Å². The fourth-order valence-electron chi connectivity index (χ4n) is 3.96. The molecule has 2 fully saturated rings. The van der Waals surface area contributed by atoms with Crippen LogP contribution < -0.4 is 15.5 Å². The highest BCUT2D eigenvalue weighted by molar-refractivity contribution is 6.35. The molecule has 0 bridgehead atoms. The Morgan fingerprint density at radius 2 is 1.57 bits per heavy atom. The van der Waals surface area contributed by atoms with Gasteiger partial charge >= 0.3 is 11.8 Å². The van der Waals surface area contributed by atoms with Crippen LogP contribution in [0.4, 0.5) is 5.69 Å². The Bertz CT molecular complexity index is 636. The molecule has 2 aliphatic rings. The number of amides is 2. The third-order valence-corrected chi connectivity index (χ3v) is 5.93. The van der Waals surface area contributed by atoms with Crippen molar-refractivity contribution in [2.45, 2.75) is 44.6 Å². The molecule has 1 saturated carbocycles. The van der Waals surface area contributed by atoms with E-state index in [1.165, 1.54) is 18.5 Å². The van der Waals surface area contributed by atoms with Gasteiger partial charge < -0.3 is 15.5 Å². The van der Waals surface area contributed by atoms with Crippen molar-refractivity contribution < 1.29 is 9.59 Å². The van der Waals surface area contributed by atoms with Gasteiger partial charge in [-0.15, -0.1) is 0 Å². The molecule has 0 aromatic heterocycles. The lowest BCUT2D eigenvalue weighted by molar-refractivity contribution is -0.139. The summed E-state index contributed by atoms with van der Waals surface area (Å²) in [6.07, 6.45) is 6.69. The van der Waals surface area contributed by atoms with Crippen LogP contribution >= 0.6 is 11.6 Å². The molecule has 1 aliphatic carbocycles. The van der Waals surface area contributed by atoms with Crippen molar-refractivity contribution in [2.24, 2.45) is 0 Å². The summed E-state index contributed by atoms with van der Waals surface area (Å²) in [6, 6.07) is 8.08. The van der Waals surface area contributed by atoms with E-state index < -0.39 is 11.8 Å². The second-order valence-electron chi connectivity index (χ2n) is 7.72. The molecular formula is C21H31ClN4O2. The van der Waals surface area contributed by atoms with E-state index in [0.29, 0.717) is 6.54 Å². The molecule has 1 saturated heterocycles. The van der Waals surface area contributed by atoms with Gasteiger partial charge in [0.25, 0.3) is 0 Å². The smallest absolute Gasteiger partial charge is 0.309 e. The van der Waals surface area contributed by atoms with E-state index in [-0.39, 0.29) is 6.04 Å². The van der Waals surface area contributed by atoms with Crippen LogP contribution in [0.15, 0.2) is 24.3 Å². The molecule has 1 heterocycles. The predicted molar refractivity (Wildman–Crippen MR) is 113 cm³/mol. The van der Waals surface area contributed by atoms with Crippen LogP contribution in [0.3, 0.4) is 0 Å². The first kappa shape index (κ1) is 20.9. The zero-order chi connectivity index (χ0) is 19.8. The first-order chi connectivity index (χ1) is 13.6. The van der Waals surface area contributed by atoms with Crippen LogP contribution in [-0.4, -0.2) is 62.0 Å². The van der Waals surface area contributed by atoms with E-state index in [0.717, 1.165) is 63.4 Å². The van der Waals surface area contributed by atoms with Gasteiger partial charge in [-0.25, -0.2) is 0 Å². The Morgan fingerprint density at radius 1 is 0.929 bits per heavy atom. The number of rotatable bonds is 5. The minimum atomic E-state index is -0.510. The van der Waals surface area contributed by atoms with Crippen molar-refractivity contribution in [3.8, 4) is 0 Å². The summed E-state index contributed by atoms with van der Waals surface area (Å²) in [4.78, 5) is 28.8. The average Bonchev–Trinajstić information content (AvgIpc) is 2.98. The zero-order valence-electron chi connectivity index (χ0n) is 16.5. The fourth-order valence-corrected chi connectivity index (χ4v) is 4.09. The largest absolute Gasteiger partial charge is 0.369 e. The summed E-state index contributed by atoms with van der Waals surface area (Å²) in [5.41, 5.74) is 1.19. The highest BCUT2D eigenvalue weighted by Crippen LogP contribution is 2.19. The molecule has 3 rings (SSSR count). The second kappa shape index (κ2) is 10.7. The van der Waals surface area contributed by atoms with Crippen molar-refractivity contribution in [1.29, 1.82) is 0 Å². The number of hydrogen-bond acceptors (Lipinski definition) is 4. The van der Waals surface area contributed by atoms with Crippen LogP contribution in [0.25, 0.3) is 0 Å². The third-order valence-electron chi connectivity index (χ3n) is 5.67. The molecule has 154 valence electrons. The molecule has 28 heavy (non-hydrogen) atoms. The summed E-state index contributed by atoms with van der Waals surface area (Å²) in [7, 11) is 0. The number of carbonyl (C=O) groups excluding carboxylic acids is 2. The lowest BCUT2D eigenvalue weighted by atomic mass is 10.1. The molecule has 0 radical (unpaired) electrons. The lowest BCUT2D eigenvalue weighted by Gasteiger charge is -2.36. The van der Waals surface area contributed by atoms with Gasteiger partial charge in [-0.1, -0.05) is 37.3 Å². The van der Waals surface area contributed by atoms with Gasteiger partial charge in [0, 0.05) is 56.0 Å². The van der Waals surface area contributed by atoms with Crippen molar-refractivity contribution in [1.82, 2.24) is 15.5 Å². The first-order valence-corrected chi connectivity index (χ1v) is 10.8. The number of hydrogen-bond donors (Lipinski definition) is 2. The molecule has 6 nitrogen and oxygen atoms in total. The van der Waals surface area contributed by atoms with Gasteiger partial charge in [0.1, 0.15) is 0 Å². The number of nitrogens with one attached hydrogen (secondary N) is 2. The Labute approximate surface area is 172 Å². The maximum Gasteiger partial charge on any atom is 0.309 e. The first-order valence-electron chi connectivity index (χ1n) is 10.4. The van der Waals surface area contributed by atoms with E-state index in [1.807, 2.05) is 24.3 Å². The zero-order valence-corrected chi connectivity index (χ0v) is 17.2. The summed E-state index contributed by atoms with van der Waals surface area (Å²) in [6.45, 7) is 5.02. The van der Waals surface area contributed by atoms with E-state index in [4.69, 9.17) is 11.6 Å². The predicted octanol–water partition coefficient (Wildman–Crippen LogP) is 2.42. The van der Waals surface area contributed by atoms with Gasteiger partial charge in [-0.05, 0) is 37.1 Å². The fraction of sp³-hybridized carbons (Fsp3) is 0.619. The van der Waals surface area contributed by atoms with Gasteiger partial charge in [0.2, 0.25) is 0 Å². The SMILES string of the molecule is O=C(NCCN1CCN(c2ccc(Cl)cc2)CC1)C(=O)NC1CCCCCC1. The highest BCUT2D eigenvalue weighted by atomic mass is 35.5. The van der Waals surface area contributed by atoms with Crippen LogP contribution in [0.1, 0.15) is 38.5 Å². The minimum Gasteiger partial charge on any atom is -0.369 e. The molecule has 2 amide bonds. The molecular weight excluding hydrogens is 376 g/mol. The second-order valence-corrected chi connectivity index (χ2v) is 8.16. The van der Waals surface area contributed by atoms with Gasteiger partial charge in [0.15, 0.2) is 0 Å². The van der Waals surface area contributed by atoms with E-state index in [9.17, 15) is 9.59 Å². The summed E-state index contributed by atoms with van der Waals surface area (Å²) < 4.78 is 0. The maximum absolute atomic E-state index is 12.1. The van der Waals surface area contributed by atoms with Crippen LogP contribution in [0.5, 0.6) is 0 Å². The topological polar surface area (TPSA) is 64.7 Å². The minimum absolute atomic E-state index is 0.154. The standard InChI is InChI=1S/C21H31ClN4O2/c22-17-7-9-19(10-8-17)26-15-13-25(14-16-26)12-11-23-20(27)21(28)24-18-5-3-1-2-4-6-18/h7-10,18H,1-6,11-16H2,(H,23,27)(H,24,28). The highest BCUT2D eigenvalue weighted by Gasteiger charge is 2.20. The summed E-state index contributed by atoms with van der Waals surface area (Å²) >= 11 is 5.95. The maximum atomic E-state index is 12.1. The monoisotopic (exact) mass is 406 g/mol. The number of carbonyl (C=O) groups is 2. The normalized spacial score (nSPS) is 19.1. The van der Waals surface area contributed by atoms with Crippen LogP contribution in [-0.2, 0) is 9.59 Å². The Balaban J connectivity index is 1.32. The summed E-state index contributed by atoms with van der Waals surface area (Å²) in [5, 5.41) is 6.41. The summed E-state index contributed by atoms with van der Waals surface area (Å²) in [5.74, 6) is -0.997. The van der Waals surface area contributed by atoms with E-state index >= 15 is 0 Å². The number of benzene rings is 1. The van der Waals surface area contributed by atoms with Gasteiger partial charge in [-0.2, -0.15) is 0 Å². The number of anilines is 1. The molecule has 7 heteroatoms. The van der Waals surface area contributed by atoms with E-state index in [1.54, 1.807) is 0 Å². The molecule has 1 aromatic rings. The molecule has 0 unspecified atom stereocenters. The molecule has 0 atom stereocenters.